The Morgan fingerprint density at radius 2 is 2.05 bits per heavy atom. The topological polar surface area (TPSA) is 87.8 Å². The van der Waals surface area contributed by atoms with Gasteiger partial charge in [0.1, 0.15) is 0 Å². The number of rotatable bonds is 1. The van der Waals surface area contributed by atoms with Crippen LogP contribution < -0.4 is 0 Å². The summed E-state index contributed by atoms with van der Waals surface area (Å²) in [6.07, 6.45) is 5.52. The Hall–Kier alpha value is -3.22. The van der Waals surface area contributed by atoms with Gasteiger partial charge in [0.25, 0.3) is 5.91 Å². The molecular formula is C15H10N4O3. The van der Waals surface area contributed by atoms with Crippen LogP contribution >= 0.6 is 0 Å². The lowest BCUT2D eigenvalue weighted by Gasteiger charge is -2.08. The highest BCUT2D eigenvalue weighted by atomic mass is 16.4. The van der Waals surface area contributed by atoms with E-state index in [9.17, 15) is 9.59 Å². The molecule has 0 fully saturated rings. The predicted molar refractivity (Wildman–Crippen MR) is 76.3 cm³/mol. The average Bonchev–Trinajstić information content (AvgIpc) is 3.09. The van der Waals surface area contributed by atoms with Crippen LogP contribution in [0.3, 0.4) is 0 Å². The lowest BCUT2D eigenvalue weighted by molar-refractivity contribution is 0.0764. The number of hydrogen-bond donors (Lipinski definition) is 1. The Bertz CT molecular complexity index is 931. The van der Waals surface area contributed by atoms with Crippen LogP contribution in [0.25, 0.3) is 16.9 Å². The minimum atomic E-state index is -1.24. The molecule has 1 aromatic carbocycles. The normalized spacial score (nSPS) is 13.6. The fraction of sp³-hybridized carbons (Fsp3) is 0.0667. The number of nitrogens with zero attached hydrogens (tertiary/aromatic N) is 4. The first kappa shape index (κ1) is 12.5. The van der Waals surface area contributed by atoms with Gasteiger partial charge in [-0.2, -0.15) is 0 Å². The molecular weight excluding hydrogens is 284 g/mol. The molecule has 1 aliphatic rings. The van der Waals surface area contributed by atoms with Gasteiger partial charge < -0.3 is 5.11 Å². The van der Waals surface area contributed by atoms with Crippen molar-refractivity contribution in [2.75, 3.05) is 0 Å². The van der Waals surface area contributed by atoms with Gasteiger partial charge in [0.2, 0.25) is 0 Å². The van der Waals surface area contributed by atoms with Gasteiger partial charge in [-0.05, 0) is 11.6 Å². The second kappa shape index (κ2) is 4.39. The van der Waals surface area contributed by atoms with Gasteiger partial charge in [-0.25, -0.2) is 14.7 Å². The molecule has 0 radical (unpaired) electrons. The van der Waals surface area contributed by atoms with E-state index >= 15 is 0 Å². The maximum absolute atomic E-state index is 12.1. The zero-order valence-corrected chi connectivity index (χ0v) is 11.3. The molecule has 0 aliphatic carbocycles. The molecule has 7 nitrogen and oxygen atoms in total. The Labute approximate surface area is 124 Å². The van der Waals surface area contributed by atoms with Gasteiger partial charge in [-0.3, -0.25) is 14.2 Å². The molecule has 3 heterocycles. The van der Waals surface area contributed by atoms with Gasteiger partial charge in [0.05, 0.1) is 24.6 Å². The van der Waals surface area contributed by atoms with Gasteiger partial charge >= 0.3 is 6.09 Å². The highest BCUT2D eigenvalue weighted by Crippen LogP contribution is 2.32. The molecule has 2 aromatic heterocycles. The number of imide groups is 1. The molecule has 0 saturated heterocycles. The first-order chi connectivity index (χ1) is 10.7. The first-order valence-electron chi connectivity index (χ1n) is 6.61. The summed E-state index contributed by atoms with van der Waals surface area (Å²) in [5, 5.41) is 9.13. The molecule has 2 amide bonds. The van der Waals surface area contributed by atoms with Crippen molar-refractivity contribution in [2.24, 2.45) is 0 Å². The van der Waals surface area contributed by atoms with Crippen molar-refractivity contribution in [2.45, 2.75) is 6.54 Å². The van der Waals surface area contributed by atoms with Crippen LogP contribution in [-0.4, -0.2) is 36.4 Å². The number of imidazole rings is 1. The van der Waals surface area contributed by atoms with E-state index < -0.39 is 12.0 Å². The second-order valence-electron chi connectivity index (χ2n) is 4.95. The van der Waals surface area contributed by atoms with Crippen LogP contribution in [0.4, 0.5) is 4.79 Å². The number of carbonyl (C=O) groups is 2. The van der Waals surface area contributed by atoms with E-state index in [1.54, 1.807) is 36.9 Å². The van der Waals surface area contributed by atoms with Crippen molar-refractivity contribution in [1.29, 1.82) is 0 Å². The zero-order chi connectivity index (χ0) is 15.3. The number of aromatic nitrogens is 3. The summed E-state index contributed by atoms with van der Waals surface area (Å²) < 4.78 is 1.86. The Morgan fingerprint density at radius 1 is 1.23 bits per heavy atom. The average molecular weight is 294 g/mol. The van der Waals surface area contributed by atoms with Crippen molar-refractivity contribution in [3.8, 4) is 11.3 Å². The van der Waals surface area contributed by atoms with Crippen LogP contribution in [0.2, 0.25) is 0 Å². The van der Waals surface area contributed by atoms with Crippen molar-refractivity contribution in [3.05, 3.63) is 54.1 Å². The standard InChI is InChI=1S/C15H10N4O3/c20-14-10-3-1-2-9(11(10)8-19(14)15(21)22)12-6-17-13-7-16-4-5-18(12)13/h1-7H,8H2,(H,21,22). The van der Waals surface area contributed by atoms with E-state index in [4.69, 9.17) is 5.11 Å². The summed E-state index contributed by atoms with van der Waals surface area (Å²) in [5.74, 6) is -0.486. The fourth-order valence-corrected chi connectivity index (χ4v) is 2.77. The number of fused-ring (bicyclic) bond motifs is 2. The minimum absolute atomic E-state index is 0.0536. The van der Waals surface area contributed by atoms with Gasteiger partial charge in [-0.1, -0.05) is 12.1 Å². The summed E-state index contributed by atoms with van der Waals surface area (Å²) >= 11 is 0. The van der Waals surface area contributed by atoms with E-state index in [-0.39, 0.29) is 6.54 Å². The highest BCUT2D eigenvalue weighted by Gasteiger charge is 2.34. The van der Waals surface area contributed by atoms with E-state index in [1.165, 1.54) is 0 Å². The molecule has 0 spiro atoms. The smallest absolute Gasteiger partial charge is 0.414 e. The molecule has 1 N–H and O–H groups in total. The monoisotopic (exact) mass is 294 g/mol. The van der Waals surface area contributed by atoms with Crippen molar-refractivity contribution in [3.63, 3.8) is 0 Å². The van der Waals surface area contributed by atoms with Crippen LogP contribution in [0, 0.1) is 0 Å². The number of amides is 2. The van der Waals surface area contributed by atoms with E-state index in [1.807, 2.05) is 10.5 Å². The fourth-order valence-electron chi connectivity index (χ4n) is 2.77. The van der Waals surface area contributed by atoms with Crippen molar-refractivity contribution >= 4 is 17.6 Å². The number of benzene rings is 1. The van der Waals surface area contributed by atoms with Crippen molar-refractivity contribution < 1.29 is 14.7 Å². The van der Waals surface area contributed by atoms with Gasteiger partial charge in [0, 0.05) is 23.5 Å². The molecule has 4 rings (SSSR count). The number of carboxylic acid groups (broad SMARTS) is 1. The molecule has 3 aromatic rings. The third kappa shape index (κ3) is 1.62. The summed E-state index contributed by atoms with van der Waals surface area (Å²) in [4.78, 5) is 32.4. The third-order valence-corrected chi connectivity index (χ3v) is 3.79. The maximum Gasteiger partial charge on any atom is 0.414 e. The molecule has 0 saturated carbocycles. The van der Waals surface area contributed by atoms with E-state index in [0.29, 0.717) is 16.8 Å². The Morgan fingerprint density at radius 3 is 2.86 bits per heavy atom. The molecule has 108 valence electrons. The lowest BCUT2D eigenvalue weighted by Crippen LogP contribution is -2.29. The molecule has 0 bridgehead atoms. The lowest BCUT2D eigenvalue weighted by atomic mass is 10.0. The zero-order valence-electron chi connectivity index (χ0n) is 11.3. The van der Waals surface area contributed by atoms with Gasteiger partial charge in [-0.15, -0.1) is 0 Å². The SMILES string of the molecule is O=C(O)N1Cc2c(cccc2-c2cnc3cnccn23)C1=O. The molecule has 22 heavy (non-hydrogen) atoms. The van der Waals surface area contributed by atoms with Crippen molar-refractivity contribution in [1.82, 2.24) is 19.3 Å². The molecule has 0 atom stereocenters. The first-order valence-corrected chi connectivity index (χ1v) is 6.61. The largest absolute Gasteiger partial charge is 0.465 e. The molecule has 7 heteroatoms. The summed E-state index contributed by atoms with van der Waals surface area (Å²) in [5.41, 5.74) is 3.41. The highest BCUT2D eigenvalue weighted by molar-refractivity contribution is 6.07. The molecule has 1 aliphatic heterocycles. The Balaban J connectivity index is 1.93. The van der Waals surface area contributed by atoms with Crippen LogP contribution in [0.5, 0.6) is 0 Å². The summed E-state index contributed by atoms with van der Waals surface area (Å²) in [6, 6.07) is 5.26. The number of hydrogen-bond acceptors (Lipinski definition) is 4. The van der Waals surface area contributed by atoms with Gasteiger partial charge in [0.15, 0.2) is 5.65 Å². The van der Waals surface area contributed by atoms with E-state index in [0.717, 1.165) is 16.2 Å². The summed E-state index contributed by atoms with van der Waals surface area (Å²) in [6.45, 7) is 0.0536. The number of carbonyl (C=O) groups excluding carboxylic acids is 1. The Kier molecular flexibility index (Phi) is 2.50. The third-order valence-electron chi connectivity index (χ3n) is 3.79. The summed E-state index contributed by atoms with van der Waals surface area (Å²) in [7, 11) is 0. The van der Waals surface area contributed by atoms with Crippen LogP contribution in [0.15, 0.2) is 43.0 Å². The van der Waals surface area contributed by atoms with Crippen LogP contribution in [0.1, 0.15) is 15.9 Å². The quantitative estimate of drug-likeness (QED) is 0.742. The second-order valence-corrected chi connectivity index (χ2v) is 4.95. The predicted octanol–water partition coefficient (Wildman–Crippen LogP) is 2.03. The maximum atomic E-state index is 12.1. The van der Waals surface area contributed by atoms with E-state index in [2.05, 4.69) is 9.97 Å². The van der Waals surface area contributed by atoms with Crippen LogP contribution in [-0.2, 0) is 6.54 Å². The minimum Gasteiger partial charge on any atom is -0.465 e. The molecule has 0 unspecified atom stereocenters.